The molecule has 1 aromatic rings. The minimum atomic E-state index is -4.24. The van der Waals surface area contributed by atoms with Crippen molar-refractivity contribution < 1.29 is 22.4 Å². The van der Waals surface area contributed by atoms with E-state index in [0.717, 1.165) is 0 Å². The lowest BCUT2D eigenvalue weighted by Crippen LogP contribution is -1.99. The first-order valence-electron chi connectivity index (χ1n) is 3.55. The zero-order valence-corrected chi connectivity index (χ0v) is 9.13. The Kier molecular flexibility index (Phi) is 2.17. The van der Waals surface area contributed by atoms with Crippen LogP contribution < -0.4 is 9.47 Å². The van der Waals surface area contributed by atoms with E-state index < -0.39 is 10.1 Å². The number of hydrogen-bond donors (Lipinski definition) is 1. The summed E-state index contributed by atoms with van der Waals surface area (Å²) in [6.07, 6.45) is 0. The molecule has 1 aliphatic rings. The largest absolute Gasteiger partial charge is 0.454 e. The van der Waals surface area contributed by atoms with E-state index in [1.54, 1.807) is 0 Å². The predicted molar refractivity (Wildman–Crippen MR) is 50.1 cm³/mol. The van der Waals surface area contributed by atoms with E-state index in [4.69, 9.17) is 14.0 Å². The molecule has 2 rings (SSSR count). The molecule has 0 radical (unpaired) electrons. The minimum absolute atomic E-state index is 0.0523. The topological polar surface area (TPSA) is 72.8 Å². The molecule has 0 saturated heterocycles. The Morgan fingerprint density at radius 3 is 2.43 bits per heavy atom. The number of halogens is 1. The standard InChI is InChI=1S/C7H5BrO5S/c8-4-1-5-6(13-3-12-5)2-7(4)14(9,10)11/h1-2H,3H2,(H,9,10,11). The van der Waals surface area contributed by atoms with Gasteiger partial charge in [-0.1, -0.05) is 0 Å². The molecule has 76 valence electrons. The van der Waals surface area contributed by atoms with Crippen LogP contribution in [0, 0.1) is 0 Å². The van der Waals surface area contributed by atoms with Gasteiger partial charge in [-0.25, -0.2) is 0 Å². The summed E-state index contributed by atoms with van der Waals surface area (Å²) in [4.78, 5) is -0.234. The van der Waals surface area contributed by atoms with Crippen LogP contribution in [0.3, 0.4) is 0 Å². The van der Waals surface area contributed by atoms with Gasteiger partial charge >= 0.3 is 0 Å². The van der Waals surface area contributed by atoms with E-state index in [9.17, 15) is 8.42 Å². The van der Waals surface area contributed by atoms with Gasteiger partial charge in [0.15, 0.2) is 11.5 Å². The van der Waals surface area contributed by atoms with Crippen LogP contribution in [0.5, 0.6) is 11.5 Å². The Morgan fingerprint density at radius 1 is 1.29 bits per heavy atom. The summed E-state index contributed by atoms with van der Waals surface area (Å²) >= 11 is 3.01. The highest BCUT2D eigenvalue weighted by atomic mass is 79.9. The van der Waals surface area contributed by atoms with Crippen LogP contribution in [0.15, 0.2) is 21.5 Å². The first-order valence-corrected chi connectivity index (χ1v) is 5.78. The smallest absolute Gasteiger partial charge is 0.295 e. The Bertz CT molecular complexity index is 481. The number of benzene rings is 1. The highest BCUT2D eigenvalue weighted by Crippen LogP contribution is 2.38. The van der Waals surface area contributed by atoms with Gasteiger partial charge in [-0.15, -0.1) is 0 Å². The summed E-state index contributed by atoms with van der Waals surface area (Å²) in [6.45, 7) is 0.0523. The molecule has 7 heteroatoms. The number of hydrogen-bond acceptors (Lipinski definition) is 4. The van der Waals surface area contributed by atoms with Gasteiger partial charge < -0.3 is 9.47 Å². The number of ether oxygens (including phenoxy) is 2. The van der Waals surface area contributed by atoms with Crippen LogP contribution in [0.2, 0.25) is 0 Å². The van der Waals surface area contributed by atoms with E-state index >= 15 is 0 Å². The lowest BCUT2D eigenvalue weighted by Gasteiger charge is -2.02. The SMILES string of the molecule is O=S(=O)(O)c1cc2c(cc1Br)OCO2. The molecular formula is C7H5BrO5S. The van der Waals surface area contributed by atoms with Crippen LogP contribution >= 0.6 is 15.9 Å². The van der Waals surface area contributed by atoms with Crippen LogP contribution in [0.25, 0.3) is 0 Å². The molecule has 5 nitrogen and oxygen atoms in total. The van der Waals surface area contributed by atoms with Gasteiger partial charge in [-0.05, 0) is 22.0 Å². The van der Waals surface area contributed by atoms with Gasteiger partial charge in [-0.3, -0.25) is 4.55 Å². The summed E-state index contributed by atoms with van der Waals surface area (Å²) in [5.74, 6) is 0.755. The molecule has 0 unspecified atom stereocenters. The van der Waals surface area contributed by atoms with Crippen molar-refractivity contribution in [1.29, 1.82) is 0 Å². The van der Waals surface area contributed by atoms with E-state index in [0.29, 0.717) is 11.5 Å². The van der Waals surface area contributed by atoms with Crippen LogP contribution in [0.4, 0.5) is 0 Å². The van der Waals surface area contributed by atoms with Crippen molar-refractivity contribution in [2.24, 2.45) is 0 Å². The molecule has 14 heavy (non-hydrogen) atoms. The molecule has 0 aliphatic carbocycles. The second-order valence-electron chi connectivity index (χ2n) is 2.61. The van der Waals surface area contributed by atoms with E-state index in [1.807, 2.05) is 0 Å². The van der Waals surface area contributed by atoms with Crippen LogP contribution in [0.1, 0.15) is 0 Å². The maximum absolute atomic E-state index is 10.9. The maximum atomic E-state index is 10.9. The second-order valence-corrected chi connectivity index (χ2v) is 4.86. The summed E-state index contributed by atoms with van der Waals surface area (Å²) in [7, 11) is -4.24. The van der Waals surface area contributed by atoms with Crippen LogP contribution in [-0.4, -0.2) is 19.8 Å². The van der Waals surface area contributed by atoms with Gasteiger partial charge in [0.2, 0.25) is 6.79 Å². The molecule has 0 atom stereocenters. The van der Waals surface area contributed by atoms with Gasteiger partial charge in [0.05, 0.1) is 0 Å². The van der Waals surface area contributed by atoms with Gasteiger partial charge in [0.1, 0.15) is 4.90 Å². The first-order chi connectivity index (χ1) is 6.48. The third kappa shape index (κ3) is 1.58. The average Bonchev–Trinajstić information content (AvgIpc) is 2.47. The normalized spacial score (nSPS) is 14.4. The molecule has 0 fully saturated rings. The molecular weight excluding hydrogens is 276 g/mol. The zero-order chi connectivity index (χ0) is 10.3. The quantitative estimate of drug-likeness (QED) is 0.788. The fraction of sp³-hybridized carbons (Fsp3) is 0.143. The summed E-state index contributed by atoms with van der Waals surface area (Å²) in [5.41, 5.74) is 0. The summed E-state index contributed by atoms with van der Waals surface area (Å²) < 4.78 is 40.8. The third-order valence-electron chi connectivity index (χ3n) is 1.71. The Labute approximate surface area is 88.5 Å². The molecule has 0 spiro atoms. The maximum Gasteiger partial charge on any atom is 0.295 e. The molecule has 1 N–H and O–H groups in total. The lowest BCUT2D eigenvalue weighted by atomic mass is 10.3. The van der Waals surface area contributed by atoms with Gasteiger partial charge in [-0.2, -0.15) is 8.42 Å². The average molecular weight is 281 g/mol. The highest BCUT2D eigenvalue weighted by Gasteiger charge is 2.21. The van der Waals surface area contributed by atoms with E-state index in [1.165, 1.54) is 12.1 Å². The molecule has 0 bridgehead atoms. The van der Waals surface area contributed by atoms with Crippen molar-refractivity contribution in [1.82, 2.24) is 0 Å². The Morgan fingerprint density at radius 2 is 1.86 bits per heavy atom. The molecule has 1 heterocycles. The lowest BCUT2D eigenvalue weighted by molar-refractivity contribution is 0.174. The van der Waals surface area contributed by atoms with Gasteiger partial charge in [0, 0.05) is 10.5 Å². The van der Waals surface area contributed by atoms with Crippen LogP contribution in [-0.2, 0) is 10.1 Å². The Hall–Kier alpha value is -0.790. The number of rotatable bonds is 1. The molecule has 0 aromatic heterocycles. The van der Waals surface area contributed by atoms with Crippen molar-refractivity contribution in [3.63, 3.8) is 0 Å². The van der Waals surface area contributed by atoms with Gasteiger partial charge in [0.25, 0.3) is 10.1 Å². The fourth-order valence-electron chi connectivity index (χ4n) is 1.10. The molecule has 0 amide bonds. The first kappa shape index (κ1) is 9.75. The van der Waals surface area contributed by atoms with Crippen molar-refractivity contribution in [3.8, 4) is 11.5 Å². The Balaban J connectivity index is 2.65. The van der Waals surface area contributed by atoms with E-state index in [-0.39, 0.29) is 16.2 Å². The fourth-order valence-corrected chi connectivity index (χ4v) is 2.59. The highest BCUT2D eigenvalue weighted by molar-refractivity contribution is 9.10. The molecule has 1 aliphatic heterocycles. The predicted octanol–water partition coefficient (Wildman–Crippen LogP) is 1.42. The third-order valence-corrected chi connectivity index (χ3v) is 3.52. The monoisotopic (exact) mass is 280 g/mol. The molecule has 1 aromatic carbocycles. The minimum Gasteiger partial charge on any atom is -0.454 e. The molecule has 0 saturated carbocycles. The number of fused-ring (bicyclic) bond motifs is 1. The summed E-state index contributed by atoms with van der Waals surface area (Å²) in [5, 5.41) is 0. The van der Waals surface area contributed by atoms with Crippen molar-refractivity contribution >= 4 is 26.0 Å². The van der Waals surface area contributed by atoms with E-state index in [2.05, 4.69) is 15.9 Å². The second kappa shape index (κ2) is 3.11. The van der Waals surface area contributed by atoms with Crippen molar-refractivity contribution in [2.75, 3.05) is 6.79 Å². The summed E-state index contributed by atoms with van der Waals surface area (Å²) in [6, 6.07) is 2.65. The van der Waals surface area contributed by atoms with Crippen molar-refractivity contribution in [3.05, 3.63) is 16.6 Å². The van der Waals surface area contributed by atoms with Crippen molar-refractivity contribution in [2.45, 2.75) is 4.90 Å². The zero-order valence-electron chi connectivity index (χ0n) is 6.73.